The van der Waals surface area contributed by atoms with Crippen LogP contribution in [-0.2, 0) is 5.41 Å². The molecule has 0 atom stereocenters. The van der Waals surface area contributed by atoms with E-state index in [0.717, 1.165) is 64.4 Å². The molecule has 7 aromatic carbocycles. The highest BCUT2D eigenvalue weighted by Crippen LogP contribution is 2.56. The molecular formula is C59H37ClN2O4S2. The summed E-state index contributed by atoms with van der Waals surface area (Å²) in [5.41, 5.74) is 10.3. The summed E-state index contributed by atoms with van der Waals surface area (Å²) in [5, 5.41) is 4.59. The van der Waals surface area contributed by atoms with Crippen LogP contribution in [0.2, 0.25) is 5.02 Å². The van der Waals surface area contributed by atoms with Crippen LogP contribution in [0.5, 0.6) is 0 Å². The van der Waals surface area contributed by atoms with Gasteiger partial charge in [-0.15, -0.1) is 22.7 Å². The van der Waals surface area contributed by atoms with Gasteiger partial charge in [0.05, 0.1) is 28.2 Å². The first-order valence-electron chi connectivity index (χ1n) is 22.2. The molecule has 0 radical (unpaired) electrons. The molecule has 0 spiro atoms. The van der Waals surface area contributed by atoms with Gasteiger partial charge in [-0.25, -0.2) is 0 Å². The van der Waals surface area contributed by atoms with E-state index < -0.39 is 0 Å². The van der Waals surface area contributed by atoms with Crippen LogP contribution in [0.1, 0.15) is 76.2 Å². The molecule has 2 aromatic heterocycles. The molecule has 68 heavy (non-hydrogen) atoms. The van der Waals surface area contributed by atoms with Crippen molar-refractivity contribution in [2.24, 2.45) is 0 Å². The number of anilines is 6. The van der Waals surface area contributed by atoms with Crippen molar-refractivity contribution in [2.45, 2.75) is 19.3 Å². The SMILES string of the molecule is CC1(C)c2ccccc2N(c2ccc(C=C3C(=O)c4ccccc4C3=O)s2)c2cccc(-c3ccc4c(N(c5ccc(Cl)cc5)c5ccc(C=C6C(=O)c7ccccc7C6=O)s5)cccc4c3)c21. The molecule has 0 N–H and O–H groups in total. The van der Waals surface area contributed by atoms with Gasteiger partial charge in [0.2, 0.25) is 0 Å². The molecule has 6 nitrogen and oxygen atoms in total. The summed E-state index contributed by atoms with van der Waals surface area (Å²) < 4.78 is 0. The van der Waals surface area contributed by atoms with Crippen molar-refractivity contribution in [2.75, 3.05) is 9.80 Å². The van der Waals surface area contributed by atoms with Crippen LogP contribution < -0.4 is 9.80 Å². The van der Waals surface area contributed by atoms with E-state index in [4.69, 9.17) is 11.6 Å². The Morgan fingerprint density at radius 1 is 0.529 bits per heavy atom. The molecule has 3 aliphatic rings. The summed E-state index contributed by atoms with van der Waals surface area (Å²) in [6.07, 6.45) is 3.45. The second kappa shape index (κ2) is 16.0. The average Bonchev–Trinajstić information content (AvgIpc) is 4.13. The molecule has 9 aromatic rings. The predicted octanol–water partition coefficient (Wildman–Crippen LogP) is 15.8. The lowest BCUT2D eigenvalue weighted by Gasteiger charge is -2.42. The first kappa shape index (κ1) is 41.7. The normalized spacial score (nSPS) is 14.5. The summed E-state index contributed by atoms with van der Waals surface area (Å²) >= 11 is 9.48. The maximum atomic E-state index is 13.3. The number of allylic oxidation sites excluding steroid dienone is 2. The van der Waals surface area contributed by atoms with Gasteiger partial charge in [0.25, 0.3) is 0 Å². The molecule has 2 aliphatic carbocycles. The highest BCUT2D eigenvalue weighted by Gasteiger charge is 2.40. The quantitative estimate of drug-likeness (QED) is 0.117. The first-order chi connectivity index (χ1) is 33.0. The summed E-state index contributed by atoms with van der Waals surface area (Å²) in [5.74, 6) is -0.980. The second-order valence-electron chi connectivity index (χ2n) is 17.6. The number of carbonyl (C=O) groups is 4. The molecule has 9 heteroatoms. The van der Waals surface area contributed by atoms with E-state index in [1.165, 1.54) is 22.5 Å². The maximum Gasteiger partial charge on any atom is 0.197 e. The number of carbonyl (C=O) groups excluding carboxylic acids is 4. The Morgan fingerprint density at radius 3 is 1.75 bits per heavy atom. The van der Waals surface area contributed by atoms with E-state index in [1.807, 2.05) is 42.5 Å². The van der Waals surface area contributed by atoms with Crippen LogP contribution in [0.15, 0.2) is 187 Å². The molecule has 326 valence electrons. The average molecular weight is 938 g/mol. The van der Waals surface area contributed by atoms with Gasteiger partial charge in [-0.1, -0.05) is 129 Å². The van der Waals surface area contributed by atoms with Crippen molar-refractivity contribution in [3.05, 3.63) is 235 Å². The van der Waals surface area contributed by atoms with Crippen molar-refractivity contribution in [3.8, 4) is 11.1 Å². The first-order valence-corrected chi connectivity index (χ1v) is 24.2. The number of thiophene rings is 2. The topological polar surface area (TPSA) is 74.8 Å². The number of fused-ring (bicyclic) bond motifs is 5. The third-order valence-electron chi connectivity index (χ3n) is 13.3. The smallest absolute Gasteiger partial charge is 0.197 e. The largest absolute Gasteiger partial charge is 0.301 e. The zero-order valence-corrected chi connectivity index (χ0v) is 39.0. The zero-order valence-electron chi connectivity index (χ0n) is 36.6. The number of hydrogen-bond donors (Lipinski definition) is 0. The van der Waals surface area contributed by atoms with Gasteiger partial charge >= 0.3 is 0 Å². The van der Waals surface area contributed by atoms with E-state index in [0.29, 0.717) is 27.3 Å². The maximum absolute atomic E-state index is 13.3. The molecule has 12 rings (SSSR count). The number of rotatable bonds is 7. The number of Topliss-reactive ketones (excluding diaryl/α,β-unsaturated/α-hetero) is 4. The summed E-state index contributed by atoms with van der Waals surface area (Å²) in [7, 11) is 0. The summed E-state index contributed by atoms with van der Waals surface area (Å²) in [6.45, 7) is 4.58. The molecule has 0 fully saturated rings. The van der Waals surface area contributed by atoms with E-state index >= 15 is 0 Å². The summed E-state index contributed by atoms with van der Waals surface area (Å²) in [6, 6.07) is 57.8. The van der Waals surface area contributed by atoms with Crippen molar-refractivity contribution in [1.82, 2.24) is 0 Å². The Morgan fingerprint density at radius 2 is 1.09 bits per heavy atom. The third-order valence-corrected chi connectivity index (χ3v) is 15.6. The minimum Gasteiger partial charge on any atom is -0.301 e. The monoisotopic (exact) mass is 936 g/mol. The van der Waals surface area contributed by atoms with Gasteiger partial charge in [-0.3, -0.25) is 19.2 Å². The number of ketones is 4. The molecule has 0 amide bonds. The van der Waals surface area contributed by atoms with Crippen molar-refractivity contribution in [3.63, 3.8) is 0 Å². The molecule has 0 saturated heterocycles. The van der Waals surface area contributed by atoms with Crippen molar-refractivity contribution >= 4 is 113 Å². The van der Waals surface area contributed by atoms with Crippen molar-refractivity contribution < 1.29 is 19.2 Å². The number of para-hydroxylation sites is 1. The van der Waals surface area contributed by atoms with Gasteiger partial charge in [-0.05, 0) is 113 Å². The molecule has 1 aliphatic heterocycles. The fourth-order valence-electron chi connectivity index (χ4n) is 10.1. The van der Waals surface area contributed by atoms with E-state index in [-0.39, 0.29) is 39.7 Å². The number of benzene rings is 7. The molecule has 0 bridgehead atoms. The highest BCUT2D eigenvalue weighted by atomic mass is 35.5. The lowest BCUT2D eigenvalue weighted by Crippen LogP contribution is -2.31. The van der Waals surface area contributed by atoms with Crippen LogP contribution in [-0.4, -0.2) is 23.1 Å². The van der Waals surface area contributed by atoms with Gasteiger partial charge in [-0.2, -0.15) is 0 Å². The lowest BCUT2D eigenvalue weighted by atomic mass is 9.71. The molecule has 3 heterocycles. The Kier molecular flexibility index (Phi) is 9.78. The van der Waals surface area contributed by atoms with Gasteiger partial charge in [0.1, 0.15) is 10.0 Å². The highest BCUT2D eigenvalue weighted by molar-refractivity contribution is 7.17. The number of halogens is 1. The van der Waals surface area contributed by atoms with Crippen LogP contribution in [0.4, 0.5) is 32.8 Å². The minimum absolute atomic E-state index is 0.173. The molecule has 0 saturated carbocycles. The van der Waals surface area contributed by atoms with Crippen LogP contribution in [0.25, 0.3) is 34.1 Å². The Hall–Kier alpha value is -7.75. The standard InChI is InChI=1S/C59H37ClN2O4S2/c1-59(2)48-17-7-8-18-50(48)62(53-30-27-39(68-53)33-47-57(65)44-14-5-6-15-45(44)58(47)66)51-20-10-16-41(54(51)59)35-21-28-40-34(31-35)11-9-19-49(40)61(37-24-22-36(60)23-25-37)52-29-26-38(67-52)32-46-55(63)42-12-3-4-13-43(42)56(46)64/h3-33H,1-2H3. The zero-order chi connectivity index (χ0) is 46.4. The van der Waals surface area contributed by atoms with Gasteiger partial charge in [0.15, 0.2) is 23.1 Å². The van der Waals surface area contributed by atoms with Crippen LogP contribution in [0.3, 0.4) is 0 Å². The van der Waals surface area contributed by atoms with E-state index in [9.17, 15) is 19.2 Å². The van der Waals surface area contributed by atoms with E-state index in [2.05, 4.69) is 109 Å². The molecule has 0 unspecified atom stereocenters. The fraction of sp³-hybridized carbons (Fsp3) is 0.0508. The lowest BCUT2D eigenvalue weighted by molar-refractivity contribution is 0.0975. The van der Waals surface area contributed by atoms with E-state index in [1.54, 1.807) is 72.0 Å². The number of nitrogens with zero attached hydrogens (tertiary/aromatic N) is 2. The third kappa shape index (κ3) is 6.59. The molecular weight excluding hydrogens is 900 g/mol. The van der Waals surface area contributed by atoms with Crippen LogP contribution >= 0.6 is 34.3 Å². The second-order valence-corrected chi connectivity index (χ2v) is 20.2. The van der Waals surface area contributed by atoms with Gasteiger partial charge in [0, 0.05) is 53.5 Å². The number of hydrogen-bond acceptors (Lipinski definition) is 8. The Bertz CT molecular complexity index is 3650. The predicted molar refractivity (Wildman–Crippen MR) is 278 cm³/mol. The van der Waals surface area contributed by atoms with Gasteiger partial charge < -0.3 is 9.80 Å². The van der Waals surface area contributed by atoms with Crippen molar-refractivity contribution in [1.29, 1.82) is 0 Å². The van der Waals surface area contributed by atoms with Crippen LogP contribution in [0, 0.1) is 0 Å². The minimum atomic E-state index is -0.388. The Balaban J connectivity index is 0.939. The Labute approximate surface area is 405 Å². The fourth-order valence-corrected chi connectivity index (χ4v) is 12.2. The summed E-state index contributed by atoms with van der Waals surface area (Å²) in [4.78, 5) is 59.5.